The van der Waals surface area contributed by atoms with Crippen molar-refractivity contribution in [1.29, 1.82) is 0 Å². The molecule has 0 aromatic carbocycles. The molecule has 0 amide bonds. The Kier molecular flexibility index (Phi) is 6.91. The van der Waals surface area contributed by atoms with Gasteiger partial charge < -0.3 is 20.3 Å². The van der Waals surface area contributed by atoms with Crippen molar-refractivity contribution in [2.45, 2.75) is 57.5 Å². The molecule has 0 radical (unpaired) electrons. The van der Waals surface area contributed by atoms with E-state index in [-0.39, 0.29) is 24.1 Å². The summed E-state index contributed by atoms with van der Waals surface area (Å²) in [5.41, 5.74) is 0.285. The molecular weight excluding hydrogens is 258 g/mol. The highest BCUT2D eigenvalue weighted by molar-refractivity contribution is 5.87. The number of rotatable bonds is 8. The molecule has 0 aromatic rings. The molecule has 0 saturated heterocycles. The van der Waals surface area contributed by atoms with E-state index < -0.39 is 18.2 Å². The third-order valence-electron chi connectivity index (χ3n) is 3.61. The van der Waals surface area contributed by atoms with Crippen LogP contribution in [0, 0.1) is 0 Å². The van der Waals surface area contributed by atoms with Gasteiger partial charge in [-0.15, -0.1) is 6.58 Å². The van der Waals surface area contributed by atoms with Gasteiger partial charge in [-0.1, -0.05) is 19.9 Å². The lowest BCUT2D eigenvalue weighted by molar-refractivity contribution is -0.133. The van der Waals surface area contributed by atoms with E-state index >= 15 is 0 Å². The molecule has 1 aliphatic carbocycles. The molecule has 0 saturated carbocycles. The predicted octanol–water partition coefficient (Wildman–Crippen LogP) is 1.48. The molecule has 0 aromatic heterocycles. The highest BCUT2D eigenvalue weighted by atomic mass is 16.5. The normalized spacial score (nSPS) is 26.4. The van der Waals surface area contributed by atoms with Crippen molar-refractivity contribution in [3.05, 3.63) is 24.3 Å². The SMILES string of the molecule is C=CCN[C@@H]1CC(C(=O)O)=C[C@@H](OC(CC)CC)[C@H]1O. The zero-order valence-corrected chi connectivity index (χ0v) is 12.2. The molecule has 20 heavy (non-hydrogen) atoms. The van der Waals surface area contributed by atoms with Crippen LogP contribution in [0.4, 0.5) is 0 Å². The van der Waals surface area contributed by atoms with Gasteiger partial charge in [-0.25, -0.2) is 4.79 Å². The molecule has 0 bridgehead atoms. The van der Waals surface area contributed by atoms with E-state index in [1.165, 1.54) is 6.08 Å². The van der Waals surface area contributed by atoms with Crippen LogP contribution in [0.25, 0.3) is 0 Å². The fourth-order valence-corrected chi connectivity index (χ4v) is 2.36. The average molecular weight is 283 g/mol. The Labute approximate surface area is 120 Å². The van der Waals surface area contributed by atoms with Crippen LogP contribution in [0.5, 0.6) is 0 Å². The molecule has 5 heteroatoms. The number of hydrogen-bond donors (Lipinski definition) is 3. The van der Waals surface area contributed by atoms with E-state index in [2.05, 4.69) is 11.9 Å². The minimum absolute atomic E-state index is 0.0269. The molecule has 0 fully saturated rings. The Morgan fingerprint density at radius 3 is 2.75 bits per heavy atom. The number of aliphatic hydroxyl groups is 1. The molecule has 114 valence electrons. The molecule has 0 spiro atoms. The number of aliphatic carboxylic acids is 1. The van der Waals surface area contributed by atoms with Gasteiger partial charge in [-0.05, 0) is 25.3 Å². The monoisotopic (exact) mass is 283 g/mol. The summed E-state index contributed by atoms with van der Waals surface area (Å²) in [5.74, 6) is -0.958. The summed E-state index contributed by atoms with van der Waals surface area (Å²) in [4.78, 5) is 11.2. The minimum atomic E-state index is -0.958. The van der Waals surface area contributed by atoms with Crippen LogP contribution in [0.2, 0.25) is 0 Å². The van der Waals surface area contributed by atoms with Crippen LogP contribution in [0.3, 0.4) is 0 Å². The lowest BCUT2D eigenvalue weighted by atomic mass is 9.89. The second-order valence-electron chi connectivity index (χ2n) is 5.03. The van der Waals surface area contributed by atoms with E-state index in [0.717, 1.165) is 12.8 Å². The number of ether oxygens (including phenoxy) is 1. The maximum atomic E-state index is 11.2. The van der Waals surface area contributed by atoms with Crippen LogP contribution in [0.1, 0.15) is 33.1 Å². The minimum Gasteiger partial charge on any atom is -0.478 e. The van der Waals surface area contributed by atoms with Crippen molar-refractivity contribution in [3.8, 4) is 0 Å². The Balaban J connectivity index is 2.85. The fraction of sp³-hybridized carbons (Fsp3) is 0.667. The maximum Gasteiger partial charge on any atom is 0.331 e. The number of aliphatic hydroxyl groups excluding tert-OH is 1. The lowest BCUT2D eigenvalue weighted by Gasteiger charge is -2.35. The second kappa shape index (κ2) is 8.19. The molecule has 0 unspecified atom stereocenters. The number of carbonyl (C=O) groups is 1. The topological polar surface area (TPSA) is 78.8 Å². The predicted molar refractivity (Wildman–Crippen MR) is 77.6 cm³/mol. The molecular formula is C15H25NO4. The maximum absolute atomic E-state index is 11.2. The Morgan fingerprint density at radius 1 is 1.60 bits per heavy atom. The van der Waals surface area contributed by atoms with Crippen molar-refractivity contribution in [2.24, 2.45) is 0 Å². The van der Waals surface area contributed by atoms with Crippen LogP contribution in [0.15, 0.2) is 24.3 Å². The van der Waals surface area contributed by atoms with Crippen LogP contribution in [-0.2, 0) is 9.53 Å². The number of carboxylic acids is 1. The molecule has 1 rings (SSSR count). The van der Waals surface area contributed by atoms with Crippen molar-refractivity contribution >= 4 is 5.97 Å². The smallest absolute Gasteiger partial charge is 0.331 e. The zero-order chi connectivity index (χ0) is 15.1. The molecule has 1 aliphatic rings. The van der Waals surface area contributed by atoms with Crippen LogP contribution < -0.4 is 5.32 Å². The van der Waals surface area contributed by atoms with Gasteiger partial charge >= 0.3 is 5.97 Å². The largest absolute Gasteiger partial charge is 0.478 e. The van der Waals surface area contributed by atoms with Gasteiger partial charge in [0, 0.05) is 18.2 Å². The highest BCUT2D eigenvalue weighted by Crippen LogP contribution is 2.24. The quantitative estimate of drug-likeness (QED) is 0.588. The Morgan fingerprint density at radius 2 is 2.25 bits per heavy atom. The summed E-state index contributed by atoms with van der Waals surface area (Å²) in [6, 6.07) is -0.330. The van der Waals surface area contributed by atoms with E-state index in [4.69, 9.17) is 4.74 Å². The summed E-state index contributed by atoms with van der Waals surface area (Å²) in [5, 5.41) is 22.6. The van der Waals surface area contributed by atoms with Gasteiger partial charge in [-0.3, -0.25) is 0 Å². The lowest BCUT2D eigenvalue weighted by Crippen LogP contribution is -2.50. The van der Waals surface area contributed by atoms with Crippen molar-refractivity contribution in [1.82, 2.24) is 5.32 Å². The van der Waals surface area contributed by atoms with Crippen LogP contribution in [-0.4, -0.2) is 47.1 Å². The number of nitrogens with one attached hydrogen (secondary N) is 1. The van der Waals surface area contributed by atoms with E-state index in [0.29, 0.717) is 6.54 Å². The van der Waals surface area contributed by atoms with Gasteiger partial charge in [0.15, 0.2) is 0 Å². The van der Waals surface area contributed by atoms with E-state index in [1.54, 1.807) is 6.08 Å². The first-order chi connectivity index (χ1) is 9.53. The summed E-state index contributed by atoms with van der Waals surface area (Å²) >= 11 is 0. The van der Waals surface area contributed by atoms with Gasteiger partial charge in [0.05, 0.1) is 12.2 Å². The molecule has 3 atom stereocenters. The average Bonchev–Trinajstić information content (AvgIpc) is 2.44. The van der Waals surface area contributed by atoms with Crippen molar-refractivity contribution in [2.75, 3.05) is 6.54 Å². The summed E-state index contributed by atoms with van der Waals surface area (Å²) in [6.45, 7) is 8.16. The summed E-state index contributed by atoms with van der Waals surface area (Å²) in [7, 11) is 0. The molecule has 0 heterocycles. The zero-order valence-electron chi connectivity index (χ0n) is 12.2. The van der Waals surface area contributed by atoms with Gasteiger partial charge in [0.25, 0.3) is 0 Å². The van der Waals surface area contributed by atoms with Gasteiger partial charge in [0.1, 0.15) is 6.10 Å². The van der Waals surface area contributed by atoms with Gasteiger partial charge in [-0.2, -0.15) is 0 Å². The first-order valence-corrected chi connectivity index (χ1v) is 7.15. The third-order valence-corrected chi connectivity index (χ3v) is 3.61. The standard InChI is InChI=1S/C15H25NO4/c1-4-7-16-12-8-10(15(18)19)9-13(14(12)17)20-11(5-2)6-3/h4,9,11-14,16-17H,1,5-8H2,2-3H3,(H,18,19)/t12-,13-,14+/m1/s1. The Bertz CT molecular complexity index is 363. The summed E-state index contributed by atoms with van der Waals surface area (Å²) < 4.78 is 5.84. The second-order valence-corrected chi connectivity index (χ2v) is 5.03. The van der Waals surface area contributed by atoms with E-state index in [9.17, 15) is 15.0 Å². The number of carboxylic acid groups (broad SMARTS) is 1. The van der Waals surface area contributed by atoms with Crippen LogP contribution >= 0.6 is 0 Å². The number of hydrogen-bond acceptors (Lipinski definition) is 4. The Hall–Kier alpha value is -1.17. The third kappa shape index (κ3) is 4.44. The highest BCUT2D eigenvalue weighted by Gasteiger charge is 2.35. The fourth-order valence-electron chi connectivity index (χ4n) is 2.36. The molecule has 0 aliphatic heterocycles. The first kappa shape index (κ1) is 16.9. The van der Waals surface area contributed by atoms with Crippen molar-refractivity contribution < 1.29 is 19.7 Å². The van der Waals surface area contributed by atoms with Gasteiger partial charge in [0.2, 0.25) is 0 Å². The van der Waals surface area contributed by atoms with Crippen molar-refractivity contribution in [3.63, 3.8) is 0 Å². The molecule has 5 nitrogen and oxygen atoms in total. The van der Waals surface area contributed by atoms with E-state index in [1.807, 2.05) is 13.8 Å². The summed E-state index contributed by atoms with van der Waals surface area (Å²) in [6.07, 6.45) is 3.87. The first-order valence-electron chi connectivity index (χ1n) is 7.15. The molecule has 3 N–H and O–H groups in total.